The van der Waals surface area contributed by atoms with Gasteiger partial charge in [-0.1, -0.05) is 47.5 Å². The minimum atomic E-state index is -0.845. The maximum atomic E-state index is 11.3. The number of benzene rings is 2. The molecule has 112 valence electrons. The highest BCUT2D eigenvalue weighted by Gasteiger charge is 2.17. The van der Waals surface area contributed by atoms with Crippen LogP contribution in [0.4, 0.5) is 0 Å². The van der Waals surface area contributed by atoms with Gasteiger partial charge in [0, 0.05) is 10.4 Å². The minimum absolute atomic E-state index is 0.0235. The van der Waals surface area contributed by atoms with Crippen LogP contribution in [-0.2, 0) is 11.2 Å². The highest BCUT2D eigenvalue weighted by Crippen LogP contribution is 2.34. The number of carboxylic acids is 1. The summed E-state index contributed by atoms with van der Waals surface area (Å²) in [7, 11) is 0. The number of H-pyrrole nitrogens is 1. The summed E-state index contributed by atoms with van der Waals surface area (Å²) in [6.45, 7) is 3.96. The largest absolute Gasteiger partial charge is 0.481 e. The zero-order chi connectivity index (χ0) is 15.9. The topological polar surface area (TPSA) is 53.1 Å². The number of halogens is 1. The number of aryl methyl sites for hydroxylation is 2. The van der Waals surface area contributed by atoms with Crippen molar-refractivity contribution < 1.29 is 9.90 Å². The zero-order valence-electron chi connectivity index (χ0n) is 12.4. The van der Waals surface area contributed by atoms with Crippen molar-refractivity contribution in [1.82, 2.24) is 4.98 Å². The third kappa shape index (κ3) is 2.48. The van der Waals surface area contributed by atoms with Gasteiger partial charge in [0.15, 0.2) is 0 Å². The predicted molar refractivity (Wildman–Crippen MR) is 89.6 cm³/mol. The van der Waals surface area contributed by atoms with Crippen molar-refractivity contribution in [3.63, 3.8) is 0 Å². The predicted octanol–water partition coefficient (Wildman–Crippen LogP) is 4.73. The number of aromatic amines is 1. The SMILES string of the molecule is Cc1ccc(-c2[nH]c3c(C)c(Cl)ccc3c2CC(=O)O)cc1. The number of fused-ring (bicyclic) bond motifs is 1. The van der Waals surface area contributed by atoms with E-state index in [9.17, 15) is 9.90 Å². The Hall–Kier alpha value is -2.26. The lowest BCUT2D eigenvalue weighted by Crippen LogP contribution is -2.00. The van der Waals surface area contributed by atoms with E-state index in [4.69, 9.17) is 11.6 Å². The molecule has 4 heteroatoms. The van der Waals surface area contributed by atoms with Crippen LogP contribution >= 0.6 is 11.6 Å². The van der Waals surface area contributed by atoms with Gasteiger partial charge in [-0.05, 0) is 36.6 Å². The molecule has 0 spiro atoms. The van der Waals surface area contributed by atoms with Crippen molar-refractivity contribution in [2.45, 2.75) is 20.3 Å². The van der Waals surface area contributed by atoms with E-state index < -0.39 is 5.97 Å². The molecule has 3 aromatic rings. The molecule has 1 heterocycles. The van der Waals surface area contributed by atoms with E-state index >= 15 is 0 Å². The molecule has 0 radical (unpaired) electrons. The van der Waals surface area contributed by atoms with Crippen LogP contribution in [0.1, 0.15) is 16.7 Å². The molecule has 0 bridgehead atoms. The molecule has 0 fully saturated rings. The standard InChI is InChI=1S/C18H16ClNO2/c1-10-3-5-12(6-4-10)18-14(9-16(21)22)13-7-8-15(19)11(2)17(13)20-18/h3-8,20H,9H2,1-2H3,(H,21,22). The normalized spacial score (nSPS) is 11.0. The van der Waals surface area contributed by atoms with E-state index in [0.717, 1.165) is 33.3 Å². The fourth-order valence-corrected chi connectivity index (χ4v) is 2.89. The third-order valence-electron chi connectivity index (χ3n) is 3.94. The quantitative estimate of drug-likeness (QED) is 0.734. The van der Waals surface area contributed by atoms with Crippen LogP contribution in [0.25, 0.3) is 22.2 Å². The fraction of sp³-hybridized carbons (Fsp3) is 0.167. The van der Waals surface area contributed by atoms with Crippen LogP contribution in [0.3, 0.4) is 0 Å². The third-order valence-corrected chi connectivity index (χ3v) is 4.35. The van der Waals surface area contributed by atoms with Gasteiger partial charge in [-0.2, -0.15) is 0 Å². The zero-order valence-corrected chi connectivity index (χ0v) is 13.2. The number of rotatable bonds is 3. The van der Waals surface area contributed by atoms with Crippen molar-refractivity contribution in [3.05, 3.63) is 58.1 Å². The Labute approximate surface area is 133 Å². The van der Waals surface area contributed by atoms with Gasteiger partial charge in [0.25, 0.3) is 0 Å². The molecule has 0 atom stereocenters. The Bertz CT molecular complexity index is 863. The van der Waals surface area contributed by atoms with Gasteiger partial charge in [-0.25, -0.2) is 0 Å². The van der Waals surface area contributed by atoms with E-state index in [0.29, 0.717) is 5.02 Å². The molecular weight excluding hydrogens is 298 g/mol. The highest BCUT2D eigenvalue weighted by molar-refractivity contribution is 6.32. The lowest BCUT2D eigenvalue weighted by atomic mass is 10.0. The molecule has 0 amide bonds. The first-order chi connectivity index (χ1) is 10.5. The molecule has 2 N–H and O–H groups in total. The van der Waals surface area contributed by atoms with Gasteiger partial charge >= 0.3 is 5.97 Å². The van der Waals surface area contributed by atoms with Gasteiger partial charge in [0.2, 0.25) is 0 Å². The van der Waals surface area contributed by atoms with Crippen molar-refractivity contribution in [2.75, 3.05) is 0 Å². The smallest absolute Gasteiger partial charge is 0.307 e. The molecule has 0 aliphatic carbocycles. The fourth-order valence-electron chi connectivity index (χ4n) is 2.74. The molecule has 0 aliphatic heterocycles. The average molecular weight is 314 g/mol. The molecular formula is C18H16ClNO2. The number of nitrogens with one attached hydrogen (secondary N) is 1. The molecule has 22 heavy (non-hydrogen) atoms. The lowest BCUT2D eigenvalue weighted by Gasteiger charge is -2.03. The summed E-state index contributed by atoms with van der Waals surface area (Å²) in [6, 6.07) is 11.7. The van der Waals surface area contributed by atoms with Crippen LogP contribution < -0.4 is 0 Å². The Morgan fingerprint density at radius 1 is 1.14 bits per heavy atom. The lowest BCUT2D eigenvalue weighted by molar-refractivity contribution is -0.136. The highest BCUT2D eigenvalue weighted by atomic mass is 35.5. The maximum Gasteiger partial charge on any atom is 0.307 e. The Morgan fingerprint density at radius 3 is 2.45 bits per heavy atom. The molecule has 3 nitrogen and oxygen atoms in total. The van der Waals surface area contributed by atoms with E-state index in [1.807, 2.05) is 50.2 Å². The first-order valence-electron chi connectivity index (χ1n) is 7.06. The van der Waals surface area contributed by atoms with E-state index in [1.165, 1.54) is 5.56 Å². The van der Waals surface area contributed by atoms with Crippen molar-refractivity contribution in [3.8, 4) is 11.3 Å². The van der Waals surface area contributed by atoms with Crippen LogP contribution in [-0.4, -0.2) is 16.1 Å². The molecule has 0 aliphatic rings. The van der Waals surface area contributed by atoms with E-state index in [2.05, 4.69) is 4.98 Å². The van der Waals surface area contributed by atoms with E-state index in [1.54, 1.807) is 0 Å². The summed E-state index contributed by atoms with van der Waals surface area (Å²) in [5, 5.41) is 10.8. The summed E-state index contributed by atoms with van der Waals surface area (Å²) in [4.78, 5) is 14.6. The second-order valence-corrected chi connectivity index (χ2v) is 5.92. The minimum Gasteiger partial charge on any atom is -0.481 e. The molecule has 2 aromatic carbocycles. The van der Waals surface area contributed by atoms with Crippen molar-refractivity contribution in [2.24, 2.45) is 0 Å². The Kier molecular flexibility index (Phi) is 3.67. The first-order valence-corrected chi connectivity index (χ1v) is 7.43. The summed E-state index contributed by atoms with van der Waals surface area (Å²) in [5.74, 6) is -0.845. The van der Waals surface area contributed by atoms with Crippen LogP contribution in [0, 0.1) is 13.8 Å². The molecule has 3 rings (SSSR count). The molecule has 1 aromatic heterocycles. The first kappa shape index (κ1) is 14.7. The van der Waals surface area contributed by atoms with Gasteiger partial charge in [0.1, 0.15) is 0 Å². The van der Waals surface area contributed by atoms with Crippen LogP contribution in [0.15, 0.2) is 36.4 Å². The number of aliphatic carboxylic acids is 1. The monoisotopic (exact) mass is 313 g/mol. The second kappa shape index (κ2) is 5.50. The van der Waals surface area contributed by atoms with Crippen molar-refractivity contribution >= 4 is 28.5 Å². The summed E-state index contributed by atoms with van der Waals surface area (Å²) < 4.78 is 0. The molecule has 0 saturated heterocycles. The van der Waals surface area contributed by atoms with Crippen LogP contribution in [0.5, 0.6) is 0 Å². The second-order valence-electron chi connectivity index (χ2n) is 5.51. The molecule has 0 saturated carbocycles. The summed E-state index contributed by atoms with van der Waals surface area (Å²) in [6.07, 6.45) is -0.0235. The number of carboxylic acid groups (broad SMARTS) is 1. The number of aromatic nitrogens is 1. The Morgan fingerprint density at radius 2 is 1.82 bits per heavy atom. The summed E-state index contributed by atoms with van der Waals surface area (Å²) >= 11 is 6.19. The Balaban J connectivity index is 2.30. The summed E-state index contributed by atoms with van der Waals surface area (Å²) in [5.41, 5.74) is 5.63. The van der Waals surface area contributed by atoms with Gasteiger partial charge in [-0.15, -0.1) is 0 Å². The number of carbonyl (C=O) groups is 1. The number of hydrogen-bond donors (Lipinski definition) is 2. The van der Waals surface area contributed by atoms with Crippen LogP contribution in [0.2, 0.25) is 5.02 Å². The molecule has 0 unspecified atom stereocenters. The van der Waals surface area contributed by atoms with E-state index in [-0.39, 0.29) is 6.42 Å². The van der Waals surface area contributed by atoms with Gasteiger partial charge < -0.3 is 10.1 Å². The van der Waals surface area contributed by atoms with Gasteiger partial charge in [-0.3, -0.25) is 4.79 Å². The average Bonchev–Trinajstić information content (AvgIpc) is 2.83. The van der Waals surface area contributed by atoms with Gasteiger partial charge in [0.05, 0.1) is 17.6 Å². The maximum absolute atomic E-state index is 11.3. The number of hydrogen-bond acceptors (Lipinski definition) is 1. The van der Waals surface area contributed by atoms with Crippen molar-refractivity contribution in [1.29, 1.82) is 0 Å².